The molecule has 2 heteroatoms. The van der Waals surface area contributed by atoms with E-state index in [0.717, 1.165) is 25.7 Å². The van der Waals surface area contributed by atoms with Crippen molar-refractivity contribution < 1.29 is 9.53 Å². The molecule has 0 heterocycles. The Hall–Kier alpha value is -0.530. The zero-order chi connectivity index (χ0) is 12.5. The third kappa shape index (κ3) is 6.09. The summed E-state index contributed by atoms with van der Waals surface area (Å²) in [5, 5.41) is 0. The quantitative estimate of drug-likeness (QED) is 0.489. The van der Waals surface area contributed by atoms with Crippen LogP contribution >= 0.6 is 0 Å². The van der Waals surface area contributed by atoms with Crippen molar-refractivity contribution in [1.82, 2.24) is 0 Å². The summed E-state index contributed by atoms with van der Waals surface area (Å²) < 4.78 is 5.51. The molecule has 0 N–H and O–H groups in total. The molecule has 1 unspecified atom stereocenters. The Labute approximate surface area is 106 Å². The Kier molecular flexibility index (Phi) is 7.30. The highest BCUT2D eigenvalue weighted by Gasteiger charge is 2.21. The molecule has 0 bridgehead atoms. The number of unbranched alkanes of at least 4 members (excludes halogenated alkanes) is 3. The number of rotatable bonds is 7. The van der Waals surface area contributed by atoms with E-state index in [1.54, 1.807) is 0 Å². The summed E-state index contributed by atoms with van der Waals surface area (Å²) in [6, 6.07) is 0. The molecular formula is C15H27O2. The average Bonchev–Trinajstić information content (AvgIpc) is 2.35. The number of ether oxygens (including phenoxy) is 1. The summed E-state index contributed by atoms with van der Waals surface area (Å²) in [6.45, 7) is 6.12. The van der Waals surface area contributed by atoms with Crippen molar-refractivity contribution in [3.63, 3.8) is 0 Å². The minimum atomic E-state index is -0.159. The van der Waals surface area contributed by atoms with Crippen LogP contribution < -0.4 is 0 Å². The minimum Gasteiger partial charge on any atom is -0.462 e. The largest absolute Gasteiger partial charge is 0.462 e. The van der Waals surface area contributed by atoms with Crippen molar-refractivity contribution in [2.75, 3.05) is 0 Å². The van der Waals surface area contributed by atoms with Gasteiger partial charge in [-0.25, -0.2) is 0 Å². The molecule has 1 radical (unpaired) electrons. The first-order valence-corrected chi connectivity index (χ1v) is 7.27. The molecule has 1 fully saturated rings. The molecule has 1 aliphatic rings. The van der Waals surface area contributed by atoms with Gasteiger partial charge in [-0.15, -0.1) is 0 Å². The van der Waals surface area contributed by atoms with Gasteiger partial charge in [0.1, 0.15) is 6.10 Å². The van der Waals surface area contributed by atoms with Gasteiger partial charge >= 0.3 is 5.97 Å². The average molecular weight is 239 g/mol. The second-order valence-electron chi connectivity index (χ2n) is 5.24. The standard InChI is InChI=1S/C15H27O2/c1-3-4-5-7-10-13(2)15(16)17-14-11-8-6-9-12-14/h13-14H,2-12H2,1H3. The van der Waals surface area contributed by atoms with Crippen LogP contribution in [0.3, 0.4) is 0 Å². The molecular weight excluding hydrogens is 212 g/mol. The van der Waals surface area contributed by atoms with Crippen LogP contribution in [0.1, 0.15) is 71.1 Å². The number of hydrogen-bond acceptors (Lipinski definition) is 2. The van der Waals surface area contributed by atoms with E-state index < -0.39 is 0 Å². The molecule has 2 nitrogen and oxygen atoms in total. The number of carbonyl (C=O) groups excluding carboxylic acids is 1. The molecule has 0 aromatic rings. The van der Waals surface area contributed by atoms with Crippen molar-refractivity contribution in [2.45, 2.75) is 77.2 Å². The van der Waals surface area contributed by atoms with Gasteiger partial charge in [0.25, 0.3) is 0 Å². The molecule has 0 aromatic heterocycles. The maximum atomic E-state index is 11.8. The fourth-order valence-electron chi connectivity index (χ4n) is 2.38. The number of esters is 1. The molecule has 1 aliphatic carbocycles. The van der Waals surface area contributed by atoms with Gasteiger partial charge in [0.2, 0.25) is 0 Å². The fourth-order valence-corrected chi connectivity index (χ4v) is 2.38. The molecule has 0 aromatic carbocycles. The smallest absolute Gasteiger partial charge is 0.309 e. The number of carbonyl (C=O) groups is 1. The Morgan fingerprint density at radius 2 is 1.94 bits per heavy atom. The van der Waals surface area contributed by atoms with Crippen molar-refractivity contribution in [3.05, 3.63) is 6.92 Å². The van der Waals surface area contributed by atoms with E-state index in [2.05, 4.69) is 13.8 Å². The van der Waals surface area contributed by atoms with Crippen LogP contribution in [-0.2, 0) is 9.53 Å². The Morgan fingerprint density at radius 3 is 2.59 bits per heavy atom. The van der Waals surface area contributed by atoms with Crippen molar-refractivity contribution in [2.24, 2.45) is 5.92 Å². The molecule has 1 atom stereocenters. The summed E-state index contributed by atoms with van der Waals surface area (Å²) in [5.41, 5.74) is 0. The van der Waals surface area contributed by atoms with E-state index in [4.69, 9.17) is 4.74 Å². The lowest BCUT2D eigenvalue weighted by atomic mass is 9.97. The van der Waals surface area contributed by atoms with Crippen LogP contribution in [0.2, 0.25) is 0 Å². The maximum absolute atomic E-state index is 11.8. The number of hydrogen-bond donors (Lipinski definition) is 0. The van der Waals surface area contributed by atoms with E-state index in [1.807, 2.05) is 0 Å². The van der Waals surface area contributed by atoms with Crippen LogP contribution in [0.5, 0.6) is 0 Å². The lowest BCUT2D eigenvalue weighted by molar-refractivity contribution is -0.154. The topological polar surface area (TPSA) is 26.3 Å². The van der Waals surface area contributed by atoms with Crippen molar-refractivity contribution in [1.29, 1.82) is 0 Å². The lowest BCUT2D eigenvalue weighted by Crippen LogP contribution is -2.24. The minimum absolute atomic E-state index is 0.0756. The molecule has 0 amide bonds. The van der Waals surface area contributed by atoms with Crippen LogP contribution in [-0.4, -0.2) is 12.1 Å². The summed E-state index contributed by atoms with van der Waals surface area (Å²) in [7, 11) is 0. The van der Waals surface area contributed by atoms with E-state index in [1.165, 1.54) is 38.5 Å². The maximum Gasteiger partial charge on any atom is 0.309 e. The Bertz CT molecular complexity index is 207. The summed E-state index contributed by atoms with van der Waals surface area (Å²) in [6.07, 6.45) is 11.6. The summed E-state index contributed by atoms with van der Waals surface area (Å²) in [5.74, 6) is -0.234. The second kappa shape index (κ2) is 8.54. The van der Waals surface area contributed by atoms with Gasteiger partial charge in [0, 0.05) is 0 Å². The molecule has 1 rings (SSSR count). The Balaban J connectivity index is 2.12. The highest BCUT2D eigenvalue weighted by Crippen LogP contribution is 2.22. The van der Waals surface area contributed by atoms with E-state index in [0.29, 0.717) is 0 Å². The van der Waals surface area contributed by atoms with Gasteiger partial charge in [-0.05, 0) is 39.0 Å². The van der Waals surface area contributed by atoms with E-state index >= 15 is 0 Å². The monoisotopic (exact) mass is 239 g/mol. The first-order chi connectivity index (χ1) is 8.24. The normalized spacial score (nSPS) is 18.9. The van der Waals surface area contributed by atoms with Gasteiger partial charge in [-0.2, -0.15) is 0 Å². The third-order valence-corrected chi connectivity index (χ3v) is 3.57. The lowest BCUT2D eigenvalue weighted by Gasteiger charge is -2.23. The molecule has 0 spiro atoms. The van der Waals surface area contributed by atoms with Crippen molar-refractivity contribution in [3.8, 4) is 0 Å². The van der Waals surface area contributed by atoms with Gasteiger partial charge < -0.3 is 4.74 Å². The Morgan fingerprint density at radius 1 is 1.24 bits per heavy atom. The second-order valence-corrected chi connectivity index (χ2v) is 5.24. The molecule has 0 saturated heterocycles. The molecule has 0 aliphatic heterocycles. The first-order valence-electron chi connectivity index (χ1n) is 7.27. The highest BCUT2D eigenvalue weighted by molar-refractivity contribution is 5.73. The van der Waals surface area contributed by atoms with Crippen LogP contribution in [0.4, 0.5) is 0 Å². The van der Waals surface area contributed by atoms with E-state index in [-0.39, 0.29) is 18.0 Å². The fraction of sp³-hybridized carbons (Fsp3) is 0.867. The SMILES string of the molecule is [CH2]C(CCCCCC)C(=O)OC1CCCCC1. The third-order valence-electron chi connectivity index (χ3n) is 3.57. The highest BCUT2D eigenvalue weighted by atomic mass is 16.5. The summed E-state index contributed by atoms with van der Waals surface area (Å²) >= 11 is 0. The zero-order valence-corrected chi connectivity index (χ0v) is 11.2. The van der Waals surface area contributed by atoms with Gasteiger partial charge in [-0.1, -0.05) is 39.0 Å². The predicted molar refractivity (Wildman–Crippen MR) is 70.6 cm³/mol. The van der Waals surface area contributed by atoms with Gasteiger partial charge in [0.05, 0.1) is 5.92 Å². The van der Waals surface area contributed by atoms with Crippen LogP contribution in [0.15, 0.2) is 0 Å². The van der Waals surface area contributed by atoms with Crippen LogP contribution in [0, 0.1) is 12.8 Å². The molecule has 99 valence electrons. The van der Waals surface area contributed by atoms with E-state index in [9.17, 15) is 4.79 Å². The van der Waals surface area contributed by atoms with Gasteiger partial charge in [-0.3, -0.25) is 4.79 Å². The zero-order valence-electron chi connectivity index (χ0n) is 11.2. The van der Waals surface area contributed by atoms with Crippen molar-refractivity contribution >= 4 is 5.97 Å². The first kappa shape index (κ1) is 14.5. The summed E-state index contributed by atoms with van der Waals surface area (Å²) in [4.78, 5) is 11.8. The van der Waals surface area contributed by atoms with Gasteiger partial charge in [0.15, 0.2) is 0 Å². The molecule has 17 heavy (non-hydrogen) atoms. The molecule has 1 saturated carbocycles. The van der Waals surface area contributed by atoms with Crippen LogP contribution in [0.25, 0.3) is 0 Å². The predicted octanol–water partition coefficient (Wildman–Crippen LogP) is 4.28.